The molecule has 1 fully saturated rings. The van der Waals surface area contributed by atoms with Crippen molar-refractivity contribution in [3.05, 3.63) is 60.7 Å². The van der Waals surface area contributed by atoms with E-state index in [0.717, 1.165) is 21.9 Å². The second-order valence-corrected chi connectivity index (χ2v) is 7.84. The minimum Gasteiger partial charge on any atom is -0.508 e. The quantitative estimate of drug-likeness (QED) is 0.614. The molecule has 0 radical (unpaired) electrons. The molecule has 1 aliphatic heterocycles. The Labute approximate surface area is 164 Å². The Hall–Kier alpha value is -2.60. The number of rotatable bonds is 6. The third-order valence-electron chi connectivity index (χ3n) is 5.08. The summed E-state index contributed by atoms with van der Waals surface area (Å²) < 4.78 is 6.01. The van der Waals surface area contributed by atoms with Crippen LogP contribution in [0.5, 0.6) is 11.5 Å². The first-order chi connectivity index (χ1) is 13.4. The van der Waals surface area contributed by atoms with Gasteiger partial charge in [0.25, 0.3) is 0 Å². The molecule has 1 atom stereocenters. The average Bonchev–Trinajstić information content (AvgIpc) is 2.65. The molecule has 5 nitrogen and oxygen atoms in total. The fourth-order valence-electron chi connectivity index (χ4n) is 3.88. The number of aliphatic hydroxyl groups is 2. The number of benzene rings is 3. The summed E-state index contributed by atoms with van der Waals surface area (Å²) >= 11 is 0. The van der Waals surface area contributed by atoms with Crippen LogP contribution < -0.4 is 4.74 Å². The molecule has 1 unspecified atom stereocenters. The fourth-order valence-corrected chi connectivity index (χ4v) is 3.88. The van der Waals surface area contributed by atoms with Gasteiger partial charge >= 0.3 is 0 Å². The average molecular weight is 379 g/mol. The van der Waals surface area contributed by atoms with Crippen LogP contribution in [0.25, 0.3) is 21.9 Å². The van der Waals surface area contributed by atoms with Crippen molar-refractivity contribution in [3.63, 3.8) is 0 Å². The van der Waals surface area contributed by atoms with Gasteiger partial charge in [-0.25, -0.2) is 0 Å². The molecular formula is C23H25NO4. The van der Waals surface area contributed by atoms with E-state index in [4.69, 9.17) is 4.74 Å². The van der Waals surface area contributed by atoms with Crippen molar-refractivity contribution >= 4 is 10.8 Å². The number of fused-ring (bicyclic) bond motifs is 1. The maximum Gasteiger partial charge on any atom is 0.127 e. The molecule has 3 N–H and O–H groups in total. The Morgan fingerprint density at radius 3 is 2.46 bits per heavy atom. The number of likely N-dealkylation sites (tertiary alicyclic amines) is 1. The van der Waals surface area contributed by atoms with E-state index in [2.05, 4.69) is 0 Å². The third-order valence-corrected chi connectivity index (χ3v) is 5.08. The Balaban J connectivity index is 1.56. The SMILES string of the molecule is CC1(O)CN(CC(O)COc2ccc3ccccc3c2-c2ccc(O)cc2)C1. The zero-order valence-electron chi connectivity index (χ0n) is 15.9. The number of ether oxygens (including phenoxy) is 1. The van der Waals surface area contributed by atoms with E-state index in [-0.39, 0.29) is 12.4 Å². The molecule has 0 aromatic heterocycles. The van der Waals surface area contributed by atoms with Gasteiger partial charge in [0.1, 0.15) is 24.2 Å². The summed E-state index contributed by atoms with van der Waals surface area (Å²) in [5, 5.41) is 31.9. The molecule has 5 heteroatoms. The van der Waals surface area contributed by atoms with Crippen molar-refractivity contribution in [1.29, 1.82) is 0 Å². The molecule has 28 heavy (non-hydrogen) atoms. The van der Waals surface area contributed by atoms with Crippen LogP contribution in [0, 0.1) is 0 Å². The molecule has 0 aliphatic carbocycles. The molecule has 1 heterocycles. The predicted molar refractivity (Wildman–Crippen MR) is 110 cm³/mol. The molecule has 0 saturated carbocycles. The van der Waals surface area contributed by atoms with Crippen LogP contribution in [-0.2, 0) is 0 Å². The largest absolute Gasteiger partial charge is 0.508 e. The van der Waals surface area contributed by atoms with Gasteiger partial charge in [-0.2, -0.15) is 0 Å². The van der Waals surface area contributed by atoms with Crippen molar-refractivity contribution in [1.82, 2.24) is 4.90 Å². The predicted octanol–water partition coefficient (Wildman–Crippen LogP) is 3.02. The van der Waals surface area contributed by atoms with E-state index in [1.165, 1.54) is 0 Å². The highest BCUT2D eigenvalue weighted by molar-refractivity contribution is 5.99. The van der Waals surface area contributed by atoms with E-state index in [1.54, 1.807) is 19.1 Å². The molecule has 4 rings (SSSR count). The standard InChI is InChI=1S/C23H25NO4/c1-23(27)14-24(15-23)12-19(26)13-28-21-11-8-16-4-2-3-5-20(16)22(21)17-6-9-18(25)10-7-17/h2-11,19,25-27H,12-15H2,1H3. The van der Waals surface area contributed by atoms with Crippen LogP contribution in [0.1, 0.15) is 6.92 Å². The number of β-amino-alcohol motifs (C(OH)–C–C–N with tert-alkyl or cyclic N) is 2. The Morgan fingerprint density at radius 1 is 1.04 bits per heavy atom. The van der Waals surface area contributed by atoms with Gasteiger partial charge in [-0.1, -0.05) is 42.5 Å². The first-order valence-corrected chi connectivity index (χ1v) is 9.48. The lowest BCUT2D eigenvalue weighted by Gasteiger charge is -2.44. The summed E-state index contributed by atoms with van der Waals surface area (Å²) in [6.07, 6.45) is -0.643. The van der Waals surface area contributed by atoms with E-state index >= 15 is 0 Å². The number of hydrogen-bond donors (Lipinski definition) is 3. The Morgan fingerprint density at radius 2 is 1.75 bits per heavy atom. The molecular weight excluding hydrogens is 354 g/mol. The van der Waals surface area contributed by atoms with Crippen molar-refractivity contribution in [2.45, 2.75) is 18.6 Å². The van der Waals surface area contributed by atoms with Crippen LogP contribution in [0.4, 0.5) is 0 Å². The number of hydrogen-bond acceptors (Lipinski definition) is 5. The molecule has 0 amide bonds. The summed E-state index contributed by atoms with van der Waals surface area (Å²) in [4.78, 5) is 2.01. The van der Waals surface area contributed by atoms with E-state index in [9.17, 15) is 15.3 Å². The summed E-state index contributed by atoms with van der Waals surface area (Å²) in [7, 11) is 0. The minimum atomic E-state index is -0.648. The van der Waals surface area contributed by atoms with E-state index in [1.807, 2.05) is 53.4 Å². The molecule has 1 saturated heterocycles. The number of phenols is 1. The van der Waals surface area contributed by atoms with Crippen LogP contribution >= 0.6 is 0 Å². The molecule has 0 bridgehead atoms. The highest BCUT2D eigenvalue weighted by atomic mass is 16.5. The first kappa shape index (κ1) is 18.7. The second kappa shape index (κ2) is 7.43. The van der Waals surface area contributed by atoms with Gasteiger partial charge in [0.2, 0.25) is 0 Å². The van der Waals surface area contributed by atoms with Gasteiger partial charge < -0.3 is 20.1 Å². The molecule has 146 valence electrons. The molecule has 0 spiro atoms. The summed E-state index contributed by atoms with van der Waals surface area (Å²) in [6.45, 7) is 3.57. The van der Waals surface area contributed by atoms with Crippen molar-refractivity contribution in [2.75, 3.05) is 26.2 Å². The molecule has 3 aromatic rings. The number of aromatic hydroxyl groups is 1. The Bertz CT molecular complexity index is 960. The smallest absolute Gasteiger partial charge is 0.127 e. The zero-order chi connectivity index (χ0) is 19.7. The monoisotopic (exact) mass is 379 g/mol. The topological polar surface area (TPSA) is 73.2 Å². The van der Waals surface area contributed by atoms with Gasteiger partial charge in [-0.05, 0) is 41.5 Å². The molecule has 3 aromatic carbocycles. The van der Waals surface area contributed by atoms with Crippen molar-refractivity contribution in [3.8, 4) is 22.6 Å². The van der Waals surface area contributed by atoms with Crippen LogP contribution in [0.2, 0.25) is 0 Å². The summed E-state index contributed by atoms with van der Waals surface area (Å²) in [5.74, 6) is 0.909. The zero-order valence-corrected chi connectivity index (χ0v) is 15.9. The number of aliphatic hydroxyl groups excluding tert-OH is 1. The third kappa shape index (κ3) is 3.97. The number of phenolic OH excluding ortho intramolecular Hbond substituents is 1. The van der Waals surface area contributed by atoms with Crippen LogP contribution in [0.15, 0.2) is 60.7 Å². The maximum absolute atomic E-state index is 10.3. The summed E-state index contributed by atoms with van der Waals surface area (Å²) in [5.41, 5.74) is 1.24. The lowest BCUT2D eigenvalue weighted by Crippen LogP contribution is -2.61. The van der Waals surface area contributed by atoms with E-state index in [0.29, 0.717) is 25.4 Å². The Kier molecular flexibility index (Phi) is 4.98. The lowest BCUT2D eigenvalue weighted by molar-refractivity contribution is -0.0978. The second-order valence-electron chi connectivity index (χ2n) is 7.84. The van der Waals surface area contributed by atoms with Crippen LogP contribution in [-0.4, -0.2) is 58.2 Å². The van der Waals surface area contributed by atoms with Gasteiger partial charge in [-0.3, -0.25) is 4.90 Å². The maximum atomic E-state index is 10.3. The van der Waals surface area contributed by atoms with Gasteiger partial charge in [0, 0.05) is 25.2 Å². The molecule has 1 aliphatic rings. The fraction of sp³-hybridized carbons (Fsp3) is 0.304. The summed E-state index contributed by atoms with van der Waals surface area (Å²) in [6, 6.07) is 19.0. The highest BCUT2D eigenvalue weighted by Crippen LogP contribution is 2.37. The van der Waals surface area contributed by atoms with Gasteiger partial charge in [0.05, 0.1) is 5.60 Å². The highest BCUT2D eigenvalue weighted by Gasteiger charge is 2.37. The number of nitrogens with zero attached hydrogens (tertiary/aromatic N) is 1. The van der Waals surface area contributed by atoms with Gasteiger partial charge in [0.15, 0.2) is 0 Å². The first-order valence-electron chi connectivity index (χ1n) is 9.48. The minimum absolute atomic E-state index is 0.169. The van der Waals surface area contributed by atoms with Gasteiger partial charge in [-0.15, -0.1) is 0 Å². The van der Waals surface area contributed by atoms with Crippen LogP contribution in [0.3, 0.4) is 0 Å². The van der Waals surface area contributed by atoms with Crippen molar-refractivity contribution in [2.24, 2.45) is 0 Å². The van der Waals surface area contributed by atoms with E-state index < -0.39 is 11.7 Å². The normalized spacial score (nSPS) is 17.2. The van der Waals surface area contributed by atoms with Crippen molar-refractivity contribution < 1.29 is 20.1 Å². The lowest BCUT2D eigenvalue weighted by atomic mass is 9.96.